The molecule has 0 N–H and O–H groups in total. The quantitative estimate of drug-likeness (QED) is 0.0208. The number of fused-ring (bicyclic) bond motifs is 5. The molecule has 4 amide bonds. The highest BCUT2D eigenvalue weighted by Crippen LogP contribution is 2.43. The summed E-state index contributed by atoms with van der Waals surface area (Å²) in [7, 11) is -2.37. The normalized spacial score (nSPS) is 14.1. The maximum absolute atomic E-state index is 11.8. The zero-order chi connectivity index (χ0) is 62.8. The van der Waals surface area contributed by atoms with Crippen molar-refractivity contribution in [3.05, 3.63) is 133 Å². The Kier molecular flexibility index (Phi) is 23.0. The molecule has 0 atom stereocenters. The molecule has 0 saturated heterocycles. The average Bonchev–Trinajstić information content (AvgIpc) is 1.58. The molecule has 15 heteroatoms. The van der Waals surface area contributed by atoms with Crippen LogP contribution in [0.3, 0.4) is 0 Å². The first-order valence-electron chi connectivity index (χ1n) is 34.1. The molecule has 2 aromatic heterocycles. The molecule has 0 spiro atoms. The van der Waals surface area contributed by atoms with E-state index in [0.717, 1.165) is 144 Å². The third-order valence-corrected chi connectivity index (χ3v) is 25.3. The van der Waals surface area contributed by atoms with Crippen molar-refractivity contribution >= 4 is 87.6 Å². The van der Waals surface area contributed by atoms with E-state index in [0.29, 0.717) is 26.3 Å². The highest BCUT2D eigenvalue weighted by molar-refractivity contribution is 7.05. The Labute approximate surface area is 547 Å². The van der Waals surface area contributed by atoms with E-state index in [2.05, 4.69) is 123 Å². The van der Waals surface area contributed by atoms with Crippen molar-refractivity contribution in [2.24, 2.45) is 0 Å². The maximum Gasteiger partial charge on any atom is 0.253 e. The number of hydrogen-bond acceptors (Lipinski definition) is 12. The van der Waals surface area contributed by atoms with E-state index in [1.165, 1.54) is 169 Å². The summed E-state index contributed by atoms with van der Waals surface area (Å²) in [4.78, 5) is 49.9. The lowest BCUT2D eigenvalue weighted by molar-refractivity contribution is -0.138. The third kappa shape index (κ3) is 15.7. The van der Waals surface area contributed by atoms with Crippen LogP contribution in [0.1, 0.15) is 168 Å². The van der Waals surface area contributed by atoms with Gasteiger partial charge in [-0.1, -0.05) is 227 Å². The van der Waals surface area contributed by atoms with Gasteiger partial charge in [-0.2, -0.15) is 17.5 Å². The summed E-state index contributed by atoms with van der Waals surface area (Å²) < 4.78 is 32.4. The fraction of sp³-hybridized carbons (Fsp3) is 0.421. The summed E-state index contributed by atoms with van der Waals surface area (Å²) in [6, 6.07) is 43.1. The van der Waals surface area contributed by atoms with Crippen molar-refractivity contribution in [2.75, 3.05) is 26.3 Å². The number of amides is 4. The molecule has 0 saturated carbocycles. The van der Waals surface area contributed by atoms with Crippen molar-refractivity contribution in [1.82, 2.24) is 27.3 Å². The highest BCUT2D eigenvalue weighted by Gasteiger charge is 2.45. The predicted molar refractivity (Wildman–Crippen MR) is 375 cm³/mol. The van der Waals surface area contributed by atoms with Crippen LogP contribution in [-0.2, 0) is 19.2 Å². The molecule has 0 bridgehead atoms. The smallest absolute Gasteiger partial charge is 0.253 e. The Hall–Kier alpha value is -7.46. The van der Waals surface area contributed by atoms with Crippen LogP contribution in [0.2, 0.25) is 12.1 Å². The van der Waals surface area contributed by atoms with Crippen LogP contribution in [-0.4, -0.2) is 85.3 Å². The van der Waals surface area contributed by atoms with Gasteiger partial charge in [-0.25, -0.2) is 0 Å². The molecule has 474 valence electrons. The van der Waals surface area contributed by atoms with Crippen molar-refractivity contribution in [2.45, 2.75) is 180 Å². The monoisotopic (exact) mass is 1270 g/mol. The van der Waals surface area contributed by atoms with Gasteiger partial charge in [0.15, 0.2) is 0 Å². The van der Waals surface area contributed by atoms with Gasteiger partial charge in [-0.3, -0.25) is 29.0 Å². The lowest BCUT2D eigenvalue weighted by Crippen LogP contribution is -2.55. The summed E-state index contributed by atoms with van der Waals surface area (Å²) in [5, 5.41) is 3.17. The highest BCUT2D eigenvalue weighted by atomic mass is 32.1. The predicted octanol–water partition coefficient (Wildman–Crippen LogP) is 17.9. The topological polar surface area (TPSA) is 145 Å². The van der Waals surface area contributed by atoms with Crippen molar-refractivity contribution in [3.63, 3.8) is 0 Å². The first-order valence-corrected chi connectivity index (χ1v) is 38.0. The van der Waals surface area contributed by atoms with E-state index in [1.807, 2.05) is 0 Å². The molecule has 5 heterocycles. The second-order valence-corrected chi connectivity index (χ2v) is 30.5. The van der Waals surface area contributed by atoms with Crippen LogP contribution < -0.4 is 19.8 Å². The second-order valence-electron chi connectivity index (χ2n) is 25.2. The Balaban J connectivity index is 0.787. The van der Waals surface area contributed by atoms with Crippen LogP contribution >= 0.6 is 23.5 Å². The number of carbonyl (C=O) groups is 4. The zero-order valence-electron chi connectivity index (χ0n) is 53.4. The molecule has 11 rings (SSSR count). The van der Waals surface area contributed by atoms with Crippen molar-refractivity contribution in [1.29, 1.82) is 0 Å². The molecule has 91 heavy (non-hydrogen) atoms. The Morgan fingerprint density at radius 3 is 1.00 bits per heavy atom. The van der Waals surface area contributed by atoms with E-state index in [1.54, 1.807) is 10.4 Å². The van der Waals surface area contributed by atoms with E-state index in [9.17, 15) is 19.2 Å². The molecule has 0 unspecified atom stereocenters. The first-order chi connectivity index (χ1) is 44.7. The van der Waals surface area contributed by atoms with E-state index in [-0.39, 0.29) is 23.6 Å². The number of aromatic nitrogens is 4. The molecular weight excluding hydrogens is 1190 g/mol. The van der Waals surface area contributed by atoms with Crippen molar-refractivity contribution < 1.29 is 28.7 Å². The lowest BCUT2D eigenvalue weighted by atomic mass is 9.95. The molecule has 0 aliphatic carbocycles. The number of unbranched alkanes of at least 4 members (excludes halogenated alkanes) is 20. The number of nitrogens with zero attached hydrogens (tertiary/aromatic N) is 6. The Bertz CT molecular complexity index is 3570. The minimum absolute atomic E-state index is 0.198. The molecule has 6 aromatic carbocycles. The van der Waals surface area contributed by atoms with Crippen LogP contribution in [0, 0.1) is 0 Å². The summed E-state index contributed by atoms with van der Waals surface area (Å²) in [6.07, 6.45) is 32.8. The zero-order valence-corrected chi connectivity index (χ0v) is 56.0. The van der Waals surface area contributed by atoms with Gasteiger partial charge < -0.3 is 9.47 Å². The van der Waals surface area contributed by atoms with E-state index >= 15 is 0 Å². The van der Waals surface area contributed by atoms with Crippen LogP contribution in [0.4, 0.5) is 0 Å². The van der Waals surface area contributed by atoms with E-state index in [4.69, 9.17) is 27.0 Å². The number of hydrogen-bond donors (Lipinski definition) is 0. The first kappa shape index (κ1) is 65.0. The van der Waals surface area contributed by atoms with Gasteiger partial charge >= 0.3 is 0 Å². The fourth-order valence-corrected chi connectivity index (χ4v) is 20.7. The van der Waals surface area contributed by atoms with Crippen molar-refractivity contribution in [3.8, 4) is 67.1 Å². The molecule has 3 aliphatic rings. The lowest BCUT2D eigenvalue weighted by Gasteiger charge is -2.31. The summed E-state index contributed by atoms with van der Waals surface area (Å²) in [5.74, 6) is 0.924. The van der Waals surface area contributed by atoms with Gasteiger partial charge in [0.1, 0.15) is 41.6 Å². The van der Waals surface area contributed by atoms with E-state index < -0.39 is 8.07 Å². The average molecular weight is 1270 g/mol. The number of rotatable bonds is 38. The number of imide groups is 2. The Morgan fingerprint density at radius 1 is 0.341 bits per heavy atom. The SMILES string of the molecule is CCCCCCCC[Si]1(CCCCCCCC)c2cc(-c3ccc(-c4ccc(OCCCCCCCCN5C(=O)C=CC5=O)cc4)c4nsnc34)ccc2-c2ccc(-c3ccc(-c4ccc(OCCCCCCCCN5C(=O)C=CC5=O)cc4)c4nsnc34)cc21. The standard InChI is InChI=1S/C76H88N6O6S2Si/c1-3-5-7-9-19-25-51-91(52-26-20-10-8-6-4-2)67-53-57(63-41-39-61(73-75(63)79-89-77-73)55-27-33-59(34-28-55)87-49-23-17-13-11-15-21-47-81-69(83)43-44-70(81)84)31-37-65(67)66-38-32-58(54-68(66)91)64-42-40-62(74-76(64)80-90-78-74)56-29-35-60(36-30-56)88-50-24-18-14-12-16-22-48-82-71(85)45-46-72(82)86/h27-46,53-54H,3-26,47-52H2,1-2H3. The van der Waals surface area contributed by atoms with Gasteiger partial charge in [-0.15, -0.1) is 0 Å². The summed E-state index contributed by atoms with van der Waals surface area (Å²) in [6.45, 7) is 6.93. The maximum atomic E-state index is 11.8. The number of carbonyl (C=O) groups excluding carboxylic acids is 4. The molecule has 3 aliphatic heterocycles. The minimum atomic E-state index is -2.37. The van der Waals surface area contributed by atoms with Crippen LogP contribution in [0.15, 0.2) is 133 Å². The molecule has 0 radical (unpaired) electrons. The fourth-order valence-electron chi connectivity index (χ4n) is 13.9. The van der Waals surface area contributed by atoms with Gasteiger partial charge in [0.2, 0.25) is 0 Å². The van der Waals surface area contributed by atoms with Gasteiger partial charge in [0.25, 0.3) is 23.6 Å². The molecular formula is C76H88N6O6S2Si. The molecule has 0 fully saturated rings. The van der Waals surface area contributed by atoms with Gasteiger partial charge in [-0.05, 0) is 106 Å². The third-order valence-electron chi connectivity index (χ3n) is 18.9. The van der Waals surface area contributed by atoms with Gasteiger partial charge in [0.05, 0.1) is 36.7 Å². The second kappa shape index (κ2) is 32.2. The summed E-state index contributed by atoms with van der Waals surface area (Å²) >= 11 is 2.58. The minimum Gasteiger partial charge on any atom is -0.494 e. The number of benzene rings is 6. The van der Waals surface area contributed by atoms with Crippen LogP contribution in [0.5, 0.6) is 11.5 Å². The van der Waals surface area contributed by atoms with Gasteiger partial charge in [0, 0.05) is 59.6 Å². The Morgan fingerprint density at radius 2 is 0.637 bits per heavy atom. The largest absolute Gasteiger partial charge is 0.494 e. The molecule has 12 nitrogen and oxygen atoms in total. The summed E-state index contributed by atoms with van der Waals surface area (Å²) in [5.41, 5.74) is 15.6. The van der Waals surface area contributed by atoms with Crippen LogP contribution in [0.25, 0.3) is 77.7 Å². The molecule has 8 aromatic rings. The number of ether oxygens (including phenoxy) is 2.